The van der Waals surface area contributed by atoms with Gasteiger partial charge < -0.3 is 24.3 Å². The first-order valence-electron chi connectivity index (χ1n) is 12.0. The minimum Gasteiger partial charge on any atom is -0.497 e. The third-order valence-corrected chi connectivity index (χ3v) is 5.79. The molecule has 35 heavy (non-hydrogen) atoms. The molecule has 1 heterocycles. The van der Waals surface area contributed by atoms with Crippen LogP contribution in [0.25, 0.3) is 11.8 Å². The van der Waals surface area contributed by atoms with E-state index in [1.165, 1.54) is 5.56 Å². The monoisotopic (exact) mass is 476 g/mol. The number of carbonyl (C=O) groups is 1. The lowest BCUT2D eigenvalue weighted by atomic mass is 10.1. The number of carbonyl (C=O) groups excluding carboxylic acids is 1. The predicted molar refractivity (Wildman–Crippen MR) is 140 cm³/mol. The second-order valence-electron chi connectivity index (χ2n) is 8.50. The fourth-order valence-electron chi connectivity index (χ4n) is 3.72. The van der Waals surface area contributed by atoms with Gasteiger partial charge in [0.15, 0.2) is 0 Å². The van der Waals surface area contributed by atoms with E-state index in [1.54, 1.807) is 26.7 Å². The van der Waals surface area contributed by atoms with Gasteiger partial charge in [-0.2, -0.15) is 0 Å². The van der Waals surface area contributed by atoms with E-state index in [9.17, 15) is 4.79 Å². The maximum absolute atomic E-state index is 12.1. The molecule has 0 atom stereocenters. The van der Waals surface area contributed by atoms with E-state index in [-0.39, 0.29) is 5.91 Å². The molecule has 3 rings (SSSR count). The highest BCUT2D eigenvalue weighted by molar-refractivity contribution is 5.78. The number of nitrogens with zero attached hydrogens (tertiary/aromatic N) is 3. The second-order valence-corrected chi connectivity index (χ2v) is 8.50. The van der Waals surface area contributed by atoms with Gasteiger partial charge in [0.05, 0.1) is 20.5 Å². The van der Waals surface area contributed by atoms with Gasteiger partial charge in [0, 0.05) is 43.7 Å². The second kappa shape index (κ2) is 14.0. The minimum absolute atomic E-state index is 0.0524. The predicted octanol–water partition coefficient (Wildman–Crippen LogP) is 4.36. The molecule has 0 aliphatic rings. The molecule has 0 saturated carbocycles. The lowest BCUT2D eigenvalue weighted by molar-refractivity contribution is -0.120. The zero-order valence-electron chi connectivity index (χ0n) is 20.9. The van der Waals surface area contributed by atoms with Crippen molar-refractivity contribution >= 4 is 12.0 Å². The van der Waals surface area contributed by atoms with Crippen LogP contribution in [0.15, 0.2) is 67.3 Å². The maximum Gasteiger partial charge on any atom is 0.223 e. The van der Waals surface area contributed by atoms with Crippen LogP contribution in [0.1, 0.15) is 30.4 Å². The molecule has 0 unspecified atom stereocenters. The molecule has 186 valence electrons. The smallest absolute Gasteiger partial charge is 0.223 e. The summed E-state index contributed by atoms with van der Waals surface area (Å²) in [5.41, 5.74) is 3.32. The molecular formula is C28H36N4O3. The summed E-state index contributed by atoms with van der Waals surface area (Å²) in [7, 11) is 5.47. The van der Waals surface area contributed by atoms with E-state index in [4.69, 9.17) is 9.47 Å². The number of methoxy groups -OCH3 is 2. The number of ether oxygens (including phenoxy) is 2. The number of hydrogen-bond acceptors (Lipinski definition) is 5. The van der Waals surface area contributed by atoms with Crippen molar-refractivity contribution in [3.05, 3.63) is 78.4 Å². The number of imidazole rings is 1. The van der Waals surface area contributed by atoms with Crippen LogP contribution in [0.3, 0.4) is 0 Å². The van der Waals surface area contributed by atoms with Crippen LogP contribution in [0, 0.1) is 0 Å². The average Bonchev–Trinajstić information content (AvgIpc) is 3.42. The van der Waals surface area contributed by atoms with Gasteiger partial charge in [-0.25, -0.2) is 4.98 Å². The molecule has 1 amide bonds. The van der Waals surface area contributed by atoms with Gasteiger partial charge in [0.25, 0.3) is 0 Å². The first-order valence-corrected chi connectivity index (χ1v) is 12.0. The highest BCUT2D eigenvalue weighted by Gasteiger charge is 2.05. The first kappa shape index (κ1) is 26.0. The standard InChI is InChI=1S/C28H36N4O3/c1-31(17-13-24-19-26(34-2)21-27(20-24)35-3)16-5-4-14-30-28(33)8-6-7-23-9-11-25(12-10-23)32-18-15-29-22-32/h6-7,9-12,15,18-22H,4-5,8,13-14,16-17H2,1-3H3,(H,30,33). The van der Waals surface area contributed by atoms with Gasteiger partial charge in [-0.3, -0.25) is 4.79 Å². The Hall–Kier alpha value is -3.58. The molecule has 3 aromatic rings. The summed E-state index contributed by atoms with van der Waals surface area (Å²) in [6.07, 6.45) is 12.6. The highest BCUT2D eigenvalue weighted by atomic mass is 16.5. The Morgan fingerprint density at radius 2 is 1.80 bits per heavy atom. The molecule has 0 saturated heterocycles. The molecule has 0 spiro atoms. The SMILES string of the molecule is COc1cc(CCN(C)CCCCNC(=O)CC=Cc2ccc(-n3ccnc3)cc2)cc(OC)c1. The summed E-state index contributed by atoms with van der Waals surface area (Å²) in [4.78, 5) is 18.5. The molecule has 1 N–H and O–H groups in total. The number of likely N-dealkylation sites (N-methyl/N-ethyl adjacent to an activating group) is 1. The normalized spacial score (nSPS) is 11.2. The van der Waals surface area contributed by atoms with Crippen molar-refractivity contribution in [2.75, 3.05) is 40.9 Å². The van der Waals surface area contributed by atoms with Crippen molar-refractivity contribution in [1.29, 1.82) is 0 Å². The van der Waals surface area contributed by atoms with Gasteiger partial charge in [0.1, 0.15) is 11.5 Å². The van der Waals surface area contributed by atoms with Gasteiger partial charge in [-0.15, -0.1) is 0 Å². The number of amides is 1. The quantitative estimate of drug-likeness (QED) is 0.350. The average molecular weight is 477 g/mol. The van der Waals surface area contributed by atoms with Gasteiger partial charge >= 0.3 is 0 Å². The number of rotatable bonds is 14. The molecule has 1 aromatic heterocycles. The van der Waals surface area contributed by atoms with Crippen molar-refractivity contribution in [2.24, 2.45) is 0 Å². The molecule has 0 fully saturated rings. The maximum atomic E-state index is 12.1. The van der Waals surface area contributed by atoms with Gasteiger partial charge in [-0.05, 0) is 68.2 Å². The molecule has 0 aliphatic heterocycles. The lowest BCUT2D eigenvalue weighted by Crippen LogP contribution is -2.26. The minimum atomic E-state index is 0.0524. The molecule has 7 heteroatoms. The van der Waals surface area contributed by atoms with Crippen LogP contribution in [-0.2, 0) is 11.2 Å². The van der Waals surface area contributed by atoms with E-state index in [0.29, 0.717) is 13.0 Å². The molecule has 7 nitrogen and oxygen atoms in total. The van der Waals surface area contributed by atoms with Crippen molar-refractivity contribution in [3.8, 4) is 17.2 Å². The first-order chi connectivity index (χ1) is 17.1. The Morgan fingerprint density at radius 3 is 2.46 bits per heavy atom. The van der Waals surface area contributed by atoms with Crippen LogP contribution in [0.5, 0.6) is 11.5 Å². The van der Waals surface area contributed by atoms with Crippen LogP contribution in [-0.4, -0.2) is 61.3 Å². The van der Waals surface area contributed by atoms with Crippen LogP contribution in [0.2, 0.25) is 0 Å². The third kappa shape index (κ3) is 8.94. The van der Waals surface area contributed by atoms with E-state index < -0.39 is 0 Å². The summed E-state index contributed by atoms with van der Waals surface area (Å²) in [5, 5.41) is 3.01. The van der Waals surface area contributed by atoms with Gasteiger partial charge in [0.2, 0.25) is 5.91 Å². The number of hydrogen-bond donors (Lipinski definition) is 1. The molecule has 0 aliphatic carbocycles. The number of benzene rings is 2. The van der Waals surface area contributed by atoms with E-state index in [1.807, 2.05) is 53.2 Å². The summed E-state index contributed by atoms with van der Waals surface area (Å²) in [6, 6.07) is 14.1. The summed E-state index contributed by atoms with van der Waals surface area (Å²) >= 11 is 0. The summed E-state index contributed by atoms with van der Waals surface area (Å²) < 4.78 is 12.6. The Bertz CT molecular complexity index is 1040. The zero-order valence-corrected chi connectivity index (χ0v) is 20.9. The Morgan fingerprint density at radius 1 is 1.06 bits per heavy atom. The van der Waals surface area contributed by atoms with Crippen molar-refractivity contribution < 1.29 is 14.3 Å². The van der Waals surface area contributed by atoms with Crippen LogP contribution in [0.4, 0.5) is 0 Å². The Labute approximate surface area is 208 Å². The zero-order chi connectivity index (χ0) is 24.9. The third-order valence-electron chi connectivity index (χ3n) is 5.79. The highest BCUT2D eigenvalue weighted by Crippen LogP contribution is 2.22. The summed E-state index contributed by atoms with van der Waals surface area (Å²) in [6.45, 7) is 2.65. The molecule has 2 aromatic carbocycles. The van der Waals surface area contributed by atoms with Crippen LogP contribution >= 0.6 is 0 Å². The van der Waals surface area contributed by atoms with Crippen molar-refractivity contribution in [1.82, 2.24) is 19.8 Å². The van der Waals surface area contributed by atoms with Gasteiger partial charge in [-0.1, -0.05) is 24.3 Å². The van der Waals surface area contributed by atoms with Crippen LogP contribution < -0.4 is 14.8 Å². The topological polar surface area (TPSA) is 68.6 Å². The van der Waals surface area contributed by atoms with Crippen molar-refractivity contribution in [2.45, 2.75) is 25.7 Å². The summed E-state index contributed by atoms with van der Waals surface area (Å²) in [5.74, 6) is 1.68. The molecular weight excluding hydrogens is 440 g/mol. The molecule has 0 bridgehead atoms. The lowest BCUT2D eigenvalue weighted by Gasteiger charge is -2.17. The van der Waals surface area contributed by atoms with E-state index in [2.05, 4.69) is 34.4 Å². The van der Waals surface area contributed by atoms with Crippen molar-refractivity contribution in [3.63, 3.8) is 0 Å². The van der Waals surface area contributed by atoms with E-state index >= 15 is 0 Å². The fourth-order valence-corrected chi connectivity index (χ4v) is 3.72. The number of unbranched alkanes of at least 4 members (excludes halogenated alkanes) is 1. The Kier molecular flexibility index (Phi) is 10.4. The largest absolute Gasteiger partial charge is 0.497 e. The van der Waals surface area contributed by atoms with E-state index in [0.717, 1.165) is 55.1 Å². The number of aromatic nitrogens is 2. The number of nitrogens with one attached hydrogen (secondary N) is 1. The Balaban J connectivity index is 1.27. The molecule has 0 radical (unpaired) electrons. The fraction of sp³-hybridized carbons (Fsp3) is 0.357.